The van der Waals surface area contributed by atoms with E-state index in [1.807, 2.05) is 0 Å². The van der Waals surface area contributed by atoms with Crippen molar-refractivity contribution in [2.45, 2.75) is 104 Å². The Labute approximate surface area is 138 Å². The van der Waals surface area contributed by atoms with Gasteiger partial charge in [0, 0.05) is 6.42 Å². The molecule has 0 saturated carbocycles. The average molecular weight is 311 g/mol. The number of esters is 1. The van der Waals surface area contributed by atoms with Gasteiger partial charge < -0.3 is 4.74 Å². The lowest BCUT2D eigenvalue weighted by Crippen LogP contribution is -2.05. The molecule has 0 aromatic rings. The number of hydrogen-bond acceptors (Lipinski definition) is 2. The number of ether oxygens (including phenoxy) is 1. The topological polar surface area (TPSA) is 26.3 Å². The molecule has 0 bridgehead atoms. The van der Waals surface area contributed by atoms with E-state index < -0.39 is 0 Å². The summed E-state index contributed by atoms with van der Waals surface area (Å²) >= 11 is 0. The van der Waals surface area contributed by atoms with Crippen molar-refractivity contribution < 1.29 is 9.53 Å². The fourth-order valence-corrected chi connectivity index (χ4v) is 2.43. The SMILES string of the molecule is CCC/C=C\CCCCCCCCCC(=O)OCCCCC. The van der Waals surface area contributed by atoms with E-state index in [9.17, 15) is 4.79 Å². The van der Waals surface area contributed by atoms with Crippen molar-refractivity contribution in [3.63, 3.8) is 0 Å². The molecule has 2 heteroatoms. The zero-order chi connectivity index (χ0) is 16.3. The Morgan fingerprint density at radius 1 is 0.727 bits per heavy atom. The highest BCUT2D eigenvalue weighted by Crippen LogP contribution is 2.10. The van der Waals surface area contributed by atoms with Crippen molar-refractivity contribution in [2.24, 2.45) is 0 Å². The quantitative estimate of drug-likeness (QED) is 0.183. The maximum atomic E-state index is 11.5. The summed E-state index contributed by atoms with van der Waals surface area (Å²) in [5.74, 6) is -0.00466. The van der Waals surface area contributed by atoms with E-state index in [0.717, 1.165) is 19.3 Å². The summed E-state index contributed by atoms with van der Waals surface area (Å²) in [7, 11) is 0. The highest BCUT2D eigenvalue weighted by Gasteiger charge is 2.01. The maximum Gasteiger partial charge on any atom is 0.305 e. The highest BCUT2D eigenvalue weighted by molar-refractivity contribution is 5.69. The van der Waals surface area contributed by atoms with Crippen LogP contribution in [0.1, 0.15) is 104 Å². The Kier molecular flexibility index (Phi) is 17.6. The normalized spacial score (nSPS) is 11.2. The minimum Gasteiger partial charge on any atom is -0.466 e. The zero-order valence-electron chi connectivity index (χ0n) is 15.1. The first-order valence-electron chi connectivity index (χ1n) is 9.61. The van der Waals surface area contributed by atoms with Crippen LogP contribution in [0.4, 0.5) is 0 Å². The third-order valence-corrected chi connectivity index (χ3v) is 3.88. The van der Waals surface area contributed by atoms with E-state index >= 15 is 0 Å². The fourth-order valence-electron chi connectivity index (χ4n) is 2.43. The molecule has 0 heterocycles. The molecule has 0 aliphatic heterocycles. The van der Waals surface area contributed by atoms with Crippen molar-refractivity contribution in [1.29, 1.82) is 0 Å². The van der Waals surface area contributed by atoms with Gasteiger partial charge in [0.15, 0.2) is 0 Å². The second-order valence-electron chi connectivity index (χ2n) is 6.20. The molecule has 0 amide bonds. The van der Waals surface area contributed by atoms with Crippen LogP contribution in [0.2, 0.25) is 0 Å². The molecule has 130 valence electrons. The fraction of sp³-hybridized carbons (Fsp3) is 0.850. The number of unbranched alkanes of at least 4 members (excludes halogenated alkanes) is 10. The molecule has 0 fully saturated rings. The predicted octanol–water partition coefficient (Wildman–Crippen LogP) is 6.59. The smallest absolute Gasteiger partial charge is 0.305 e. The average Bonchev–Trinajstić information content (AvgIpc) is 2.52. The van der Waals surface area contributed by atoms with Gasteiger partial charge in [0.05, 0.1) is 6.61 Å². The molecule has 0 aliphatic carbocycles. The molecule has 0 spiro atoms. The van der Waals surface area contributed by atoms with Crippen LogP contribution in [0.3, 0.4) is 0 Å². The summed E-state index contributed by atoms with van der Waals surface area (Å²) in [6.07, 6.45) is 21.0. The standard InChI is InChI=1S/C20H38O2/c1-3-5-7-8-9-10-11-12-13-14-15-16-18-20(21)22-19-17-6-4-2/h7-8H,3-6,9-19H2,1-2H3/b8-7-. The Bertz CT molecular complexity index is 258. The lowest BCUT2D eigenvalue weighted by molar-refractivity contribution is -0.143. The van der Waals surface area contributed by atoms with E-state index in [1.165, 1.54) is 64.2 Å². The van der Waals surface area contributed by atoms with Crippen molar-refractivity contribution in [3.8, 4) is 0 Å². The van der Waals surface area contributed by atoms with Crippen LogP contribution in [-0.2, 0) is 9.53 Å². The summed E-state index contributed by atoms with van der Waals surface area (Å²) in [5, 5.41) is 0. The van der Waals surface area contributed by atoms with Crippen molar-refractivity contribution >= 4 is 5.97 Å². The van der Waals surface area contributed by atoms with E-state index in [-0.39, 0.29) is 5.97 Å². The molecule has 0 aliphatic rings. The van der Waals surface area contributed by atoms with Gasteiger partial charge in [-0.2, -0.15) is 0 Å². The van der Waals surface area contributed by atoms with Crippen LogP contribution < -0.4 is 0 Å². The lowest BCUT2D eigenvalue weighted by atomic mass is 10.1. The first kappa shape index (κ1) is 21.2. The Morgan fingerprint density at radius 2 is 1.36 bits per heavy atom. The number of rotatable bonds is 16. The number of hydrogen-bond donors (Lipinski definition) is 0. The van der Waals surface area contributed by atoms with E-state index in [0.29, 0.717) is 13.0 Å². The van der Waals surface area contributed by atoms with Gasteiger partial charge >= 0.3 is 5.97 Å². The summed E-state index contributed by atoms with van der Waals surface area (Å²) in [6, 6.07) is 0. The molecule has 2 nitrogen and oxygen atoms in total. The summed E-state index contributed by atoms with van der Waals surface area (Å²) < 4.78 is 5.20. The first-order chi connectivity index (χ1) is 10.8. The van der Waals surface area contributed by atoms with Crippen LogP contribution in [0, 0.1) is 0 Å². The maximum absolute atomic E-state index is 11.5. The molecule has 0 atom stereocenters. The molecular weight excluding hydrogens is 272 g/mol. The van der Waals surface area contributed by atoms with E-state index in [1.54, 1.807) is 0 Å². The van der Waals surface area contributed by atoms with Gasteiger partial charge in [-0.1, -0.05) is 77.4 Å². The minimum atomic E-state index is -0.00466. The van der Waals surface area contributed by atoms with Gasteiger partial charge in [0.25, 0.3) is 0 Å². The third-order valence-electron chi connectivity index (χ3n) is 3.88. The monoisotopic (exact) mass is 310 g/mol. The lowest BCUT2D eigenvalue weighted by Gasteiger charge is -2.04. The molecule has 0 saturated heterocycles. The molecule has 0 aromatic heterocycles. The van der Waals surface area contributed by atoms with Crippen LogP contribution in [0.5, 0.6) is 0 Å². The summed E-state index contributed by atoms with van der Waals surface area (Å²) in [5.41, 5.74) is 0. The molecule has 22 heavy (non-hydrogen) atoms. The summed E-state index contributed by atoms with van der Waals surface area (Å²) in [4.78, 5) is 11.5. The molecule has 0 N–H and O–H groups in total. The van der Waals surface area contributed by atoms with Gasteiger partial charge in [-0.05, 0) is 32.1 Å². The second kappa shape index (κ2) is 18.3. The highest BCUT2D eigenvalue weighted by atomic mass is 16.5. The van der Waals surface area contributed by atoms with E-state index in [2.05, 4.69) is 26.0 Å². The Morgan fingerprint density at radius 3 is 2.05 bits per heavy atom. The zero-order valence-corrected chi connectivity index (χ0v) is 15.1. The number of carbonyl (C=O) groups is 1. The number of carbonyl (C=O) groups excluding carboxylic acids is 1. The van der Waals surface area contributed by atoms with Crippen molar-refractivity contribution in [3.05, 3.63) is 12.2 Å². The molecule has 0 unspecified atom stereocenters. The third kappa shape index (κ3) is 17.3. The van der Waals surface area contributed by atoms with Gasteiger partial charge in [-0.25, -0.2) is 0 Å². The van der Waals surface area contributed by atoms with Crippen molar-refractivity contribution in [2.75, 3.05) is 6.61 Å². The molecule has 0 rings (SSSR count). The molecule has 0 aromatic carbocycles. The predicted molar refractivity (Wildman–Crippen MR) is 96.1 cm³/mol. The van der Waals surface area contributed by atoms with Crippen LogP contribution in [0.15, 0.2) is 12.2 Å². The van der Waals surface area contributed by atoms with Gasteiger partial charge in [-0.3, -0.25) is 4.79 Å². The molecule has 0 radical (unpaired) electrons. The van der Waals surface area contributed by atoms with Crippen LogP contribution >= 0.6 is 0 Å². The largest absolute Gasteiger partial charge is 0.466 e. The van der Waals surface area contributed by atoms with Crippen molar-refractivity contribution in [1.82, 2.24) is 0 Å². The van der Waals surface area contributed by atoms with Gasteiger partial charge in [-0.15, -0.1) is 0 Å². The first-order valence-corrected chi connectivity index (χ1v) is 9.61. The second-order valence-corrected chi connectivity index (χ2v) is 6.20. The minimum absolute atomic E-state index is 0.00466. The summed E-state index contributed by atoms with van der Waals surface area (Å²) in [6.45, 7) is 4.99. The van der Waals surface area contributed by atoms with Crippen LogP contribution in [0.25, 0.3) is 0 Å². The van der Waals surface area contributed by atoms with E-state index in [4.69, 9.17) is 4.74 Å². The molecular formula is C20H38O2. The Hall–Kier alpha value is -0.790. The van der Waals surface area contributed by atoms with Crippen LogP contribution in [-0.4, -0.2) is 12.6 Å². The number of allylic oxidation sites excluding steroid dienone is 2. The van der Waals surface area contributed by atoms with Gasteiger partial charge in [0.1, 0.15) is 0 Å². The Balaban J connectivity index is 3.15. The van der Waals surface area contributed by atoms with Gasteiger partial charge in [0.2, 0.25) is 0 Å².